The Morgan fingerprint density at radius 1 is 1.18 bits per heavy atom. The molecule has 0 amide bonds. The molecule has 0 N–H and O–H groups in total. The number of hydrogen-bond acceptors (Lipinski definition) is 5. The fourth-order valence-corrected chi connectivity index (χ4v) is 4.22. The predicted octanol–water partition coefficient (Wildman–Crippen LogP) is 3.81. The lowest BCUT2D eigenvalue weighted by molar-refractivity contribution is 0.415. The molecular formula is C15H9FN2O2S2. The van der Waals surface area contributed by atoms with E-state index in [-0.39, 0.29) is 5.56 Å². The molecule has 22 heavy (non-hydrogen) atoms. The van der Waals surface area contributed by atoms with Crippen LogP contribution in [-0.4, -0.2) is 16.1 Å². The molecule has 0 bridgehead atoms. The first-order valence-corrected chi connectivity index (χ1v) is 8.01. The van der Waals surface area contributed by atoms with Crippen molar-refractivity contribution in [2.24, 2.45) is 0 Å². The Morgan fingerprint density at radius 3 is 2.86 bits per heavy atom. The van der Waals surface area contributed by atoms with Crippen LogP contribution in [0.25, 0.3) is 25.4 Å². The van der Waals surface area contributed by atoms with Crippen molar-refractivity contribution >= 4 is 43.2 Å². The minimum absolute atomic E-state index is 0.245. The van der Waals surface area contributed by atoms with Crippen molar-refractivity contribution in [3.8, 4) is 10.9 Å². The zero-order chi connectivity index (χ0) is 15.3. The number of aromatic nitrogens is 2. The Kier molecular flexibility index (Phi) is 2.98. The van der Waals surface area contributed by atoms with Crippen LogP contribution in [0.3, 0.4) is 0 Å². The van der Waals surface area contributed by atoms with E-state index >= 15 is 0 Å². The van der Waals surface area contributed by atoms with Crippen LogP contribution in [0.1, 0.15) is 0 Å². The van der Waals surface area contributed by atoms with E-state index in [1.165, 1.54) is 39.0 Å². The van der Waals surface area contributed by atoms with Gasteiger partial charge in [-0.3, -0.25) is 4.79 Å². The molecule has 7 heteroatoms. The number of rotatable bonds is 2. The van der Waals surface area contributed by atoms with E-state index in [1.807, 2.05) is 18.2 Å². The summed E-state index contributed by atoms with van der Waals surface area (Å²) in [5.74, 6) is 0.331. The first-order chi connectivity index (χ1) is 10.7. The van der Waals surface area contributed by atoms with Crippen molar-refractivity contribution in [1.82, 2.24) is 8.94 Å². The maximum Gasteiger partial charge on any atom is 0.275 e. The molecule has 2 aromatic heterocycles. The van der Waals surface area contributed by atoms with Gasteiger partial charge in [-0.2, -0.15) is 0 Å². The number of hydrogen-bond donors (Lipinski definition) is 0. The molecule has 0 fully saturated rings. The molecule has 0 saturated carbocycles. The molecule has 0 unspecified atom stereocenters. The van der Waals surface area contributed by atoms with E-state index in [2.05, 4.69) is 4.98 Å². The van der Waals surface area contributed by atoms with Gasteiger partial charge in [0.05, 0.1) is 27.4 Å². The van der Waals surface area contributed by atoms with Gasteiger partial charge in [-0.1, -0.05) is 11.3 Å². The molecule has 0 saturated heterocycles. The molecular weight excluding hydrogens is 323 g/mol. The second-order valence-corrected chi connectivity index (χ2v) is 6.66. The van der Waals surface area contributed by atoms with E-state index in [4.69, 9.17) is 4.74 Å². The lowest BCUT2D eigenvalue weighted by Crippen LogP contribution is -2.10. The van der Waals surface area contributed by atoms with Gasteiger partial charge in [0.25, 0.3) is 5.56 Å². The number of halogens is 1. The van der Waals surface area contributed by atoms with E-state index in [9.17, 15) is 9.18 Å². The zero-order valence-corrected chi connectivity index (χ0v) is 13.0. The second kappa shape index (κ2) is 4.89. The minimum Gasteiger partial charge on any atom is -0.497 e. The van der Waals surface area contributed by atoms with Gasteiger partial charge in [0, 0.05) is 0 Å². The van der Waals surface area contributed by atoms with Gasteiger partial charge in [-0.15, -0.1) is 0 Å². The number of benzene rings is 2. The summed E-state index contributed by atoms with van der Waals surface area (Å²) in [4.78, 5) is 16.9. The fourth-order valence-electron chi connectivity index (χ4n) is 2.23. The molecule has 4 nitrogen and oxygen atoms in total. The zero-order valence-electron chi connectivity index (χ0n) is 11.4. The average Bonchev–Trinajstić information content (AvgIpc) is 3.08. The number of ether oxygens (including phenoxy) is 1. The van der Waals surface area contributed by atoms with Crippen LogP contribution in [0.5, 0.6) is 5.75 Å². The van der Waals surface area contributed by atoms with Gasteiger partial charge in [-0.25, -0.2) is 13.3 Å². The van der Waals surface area contributed by atoms with Crippen LogP contribution in [0, 0.1) is 5.82 Å². The van der Waals surface area contributed by atoms with Crippen molar-refractivity contribution in [1.29, 1.82) is 0 Å². The number of methoxy groups -OCH3 is 1. The van der Waals surface area contributed by atoms with Gasteiger partial charge in [0.2, 0.25) is 5.13 Å². The maximum atomic E-state index is 13.3. The molecule has 0 aliphatic carbocycles. The number of thiazole rings is 1. The third kappa shape index (κ3) is 2.01. The van der Waals surface area contributed by atoms with Gasteiger partial charge in [0.15, 0.2) is 0 Å². The quantitative estimate of drug-likeness (QED) is 0.561. The van der Waals surface area contributed by atoms with Gasteiger partial charge in [-0.05, 0) is 47.9 Å². The lowest BCUT2D eigenvalue weighted by Gasteiger charge is -1.96. The highest BCUT2D eigenvalue weighted by molar-refractivity contribution is 7.22. The molecule has 2 heterocycles. The minimum atomic E-state index is -0.413. The molecule has 2 aromatic carbocycles. The summed E-state index contributed by atoms with van der Waals surface area (Å²) < 4.78 is 21.7. The van der Waals surface area contributed by atoms with Crippen LogP contribution in [0.4, 0.5) is 4.39 Å². The predicted molar refractivity (Wildman–Crippen MR) is 87.1 cm³/mol. The summed E-state index contributed by atoms with van der Waals surface area (Å²) in [6, 6.07) is 9.80. The first-order valence-electron chi connectivity index (χ1n) is 6.42. The molecule has 4 rings (SSSR count). The Hall–Kier alpha value is -2.25. The Balaban J connectivity index is 1.94. The number of nitrogens with zero attached hydrogens (tertiary/aromatic N) is 2. The molecule has 110 valence electrons. The molecule has 0 atom stereocenters. The van der Waals surface area contributed by atoms with Crippen molar-refractivity contribution in [3.05, 3.63) is 52.6 Å². The van der Waals surface area contributed by atoms with Crippen LogP contribution >= 0.6 is 22.9 Å². The molecule has 4 aromatic rings. The van der Waals surface area contributed by atoms with Crippen molar-refractivity contribution in [2.45, 2.75) is 0 Å². The maximum absolute atomic E-state index is 13.3. The molecule has 0 radical (unpaired) electrons. The highest BCUT2D eigenvalue weighted by Gasteiger charge is 2.14. The topological polar surface area (TPSA) is 44.1 Å². The van der Waals surface area contributed by atoms with Gasteiger partial charge >= 0.3 is 0 Å². The van der Waals surface area contributed by atoms with Crippen molar-refractivity contribution < 1.29 is 9.13 Å². The van der Waals surface area contributed by atoms with E-state index in [0.29, 0.717) is 10.5 Å². The Bertz CT molecular complexity index is 1060. The van der Waals surface area contributed by atoms with E-state index in [0.717, 1.165) is 20.7 Å². The highest BCUT2D eigenvalue weighted by Crippen LogP contribution is 2.30. The van der Waals surface area contributed by atoms with Crippen molar-refractivity contribution in [3.63, 3.8) is 0 Å². The summed E-state index contributed by atoms with van der Waals surface area (Å²) in [7, 11) is 1.61. The third-order valence-electron chi connectivity index (χ3n) is 3.30. The standard InChI is InChI=1S/C15H9FN2O2S2/c1-20-9-3-4-11-13(7-9)21-15(17-11)18-14(19)10-6-8(16)2-5-12(10)22-18/h2-7H,1H3. The van der Waals surface area contributed by atoms with Crippen LogP contribution in [-0.2, 0) is 0 Å². The summed E-state index contributed by atoms with van der Waals surface area (Å²) in [5.41, 5.74) is 0.557. The summed E-state index contributed by atoms with van der Waals surface area (Å²) in [6.45, 7) is 0. The fraction of sp³-hybridized carbons (Fsp3) is 0.0667. The highest BCUT2D eigenvalue weighted by atomic mass is 32.1. The largest absolute Gasteiger partial charge is 0.497 e. The lowest BCUT2D eigenvalue weighted by atomic mass is 10.3. The summed E-state index contributed by atoms with van der Waals surface area (Å²) in [5, 5.41) is 0.955. The van der Waals surface area contributed by atoms with Crippen LogP contribution in [0.15, 0.2) is 41.2 Å². The van der Waals surface area contributed by atoms with Crippen LogP contribution in [0.2, 0.25) is 0 Å². The molecule has 0 aliphatic heterocycles. The molecule has 0 spiro atoms. The van der Waals surface area contributed by atoms with Crippen molar-refractivity contribution in [2.75, 3.05) is 7.11 Å². The summed E-state index contributed by atoms with van der Waals surface area (Å²) >= 11 is 2.67. The monoisotopic (exact) mass is 332 g/mol. The SMILES string of the molecule is COc1ccc2nc(-n3sc4ccc(F)cc4c3=O)sc2c1. The second-order valence-electron chi connectivity index (χ2n) is 4.66. The first kappa shape index (κ1) is 13.4. The van der Waals surface area contributed by atoms with E-state index < -0.39 is 5.82 Å². The normalized spacial score (nSPS) is 11.4. The molecule has 0 aliphatic rings. The smallest absolute Gasteiger partial charge is 0.275 e. The van der Waals surface area contributed by atoms with Gasteiger partial charge < -0.3 is 4.74 Å². The van der Waals surface area contributed by atoms with Gasteiger partial charge in [0.1, 0.15) is 11.6 Å². The average molecular weight is 332 g/mol. The summed E-state index contributed by atoms with van der Waals surface area (Å²) in [6.07, 6.45) is 0. The third-order valence-corrected chi connectivity index (χ3v) is 5.50. The Morgan fingerprint density at radius 2 is 2.05 bits per heavy atom. The van der Waals surface area contributed by atoms with Crippen LogP contribution < -0.4 is 10.3 Å². The van der Waals surface area contributed by atoms with E-state index in [1.54, 1.807) is 13.2 Å². The Labute approximate surface area is 132 Å². The number of fused-ring (bicyclic) bond motifs is 2.